The molecular formula is C18H15Cl3N4O4. The molecule has 8 nitrogen and oxygen atoms in total. The van der Waals surface area contributed by atoms with Gasteiger partial charge in [0, 0.05) is 17.8 Å². The number of primary amides is 1. The number of amides is 2. The Morgan fingerprint density at radius 3 is 2.55 bits per heavy atom. The van der Waals surface area contributed by atoms with Crippen molar-refractivity contribution in [2.45, 2.75) is 20.1 Å². The number of anilines is 1. The number of halogens is 3. The molecule has 3 aromatic rings. The Morgan fingerprint density at radius 1 is 1.24 bits per heavy atom. The van der Waals surface area contributed by atoms with E-state index in [-0.39, 0.29) is 39.5 Å². The fourth-order valence-corrected chi connectivity index (χ4v) is 3.35. The Morgan fingerprint density at radius 2 is 1.93 bits per heavy atom. The number of benzene rings is 1. The lowest BCUT2D eigenvalue weighted by atomic mass is 10.3. The van der Waals surface area contributed by atoms with Crippen molar-refractivity contribution in [2.24, 2.45) is 5.73 Å². The molecule has 0 atom stereocenters. The highest BCUT2D eigenvalue weighted by atomic mass is 35.5. The molecule has 2 heterocycles. The zero-order chi connectivity index (χ0) is 21.1. The van der Waals surface area contributed by atoms with E-state index < -0.39 is 11.8 Å². The summed E-state index contributed by atoms with van der Waals surface area (Å²) in [6, 6.07) is 6.03. The summed E-state index contributed by atoms with van der Waals surface area (Å²) in [5.74, 6) is -0.707. The first-order valence-electron chi connectivity index (χ1n) is 8.33. The van der Waals surface area contributed by atoms with Gasteiger partial charge in [0.05, 0.1) is 15.7 Å². The molecule has 0 aliphatic rings. The number of aryl methyl sites for hydroxylation is 1. The third-order valence-electron chi connectivity index (χ3n) is 3.77. The van der Waals surface area contributed by atoms with Gasteiger partial charge in [-0.15, -0.1) is 0 Å². The molecule has 2 amide bonds. The lowest BCUT2D eigenvalue weighted by Crippen LogP contribution is -2.17. The molecule has 2 aromatic heterocycles. The molecule has 11 heteroatoms. The number of hydrogen-bond donors (Lipinski definition) is 2. The Labute approximate surface area is 180 Å². The van der Waals surface area contributed by atoms with Gasteiger partial charge < -0.3 is 20.2 Å². The van der Waals surface area contributed by atoms with Crippen molar-refractivity contribution in [3.05, 3.63) is 62.7 Å². The van der Waals surface area contributed by atoms with Crippen molar-refractivity contribution >= 4 is 52.3 Å². The second kappa shape index (κ2) is 8.77. The van der Waals surface area contributed by atoms with E-state index in [0.717, 1.165) is 0 Å². The van der Waals surface area contributed by atoms with Crippen molar-refractivity contribution in [2.75, 3.05) is 5.32 Å². The highest BCUT2D eigenvalue weighted by Gasteiger charge is 2.19. The molecule has 0 radical (unpaired) electrons. The number of nitrogens with two attached hydrogens (primary N) is 1. The number of carbonyl (C=O) groups is 2. The predicted molar refractivity (Wildman–Crippen MR) is 109 cm³/mol. The van der Waals surface area contributed by atoms with E-state index in [0.29, 0.717) is 17.3 Å². The quantitative estimate of drug-likeness (QED) is 0.546. The largest absolute Gasteiger partial charge is 0.483 e. The summed E-state index contributed by atoms with van der Waals surface area (Å²) in [5, 5.41) is 7.45. The first-order valence-corrected chi connectivity index (χ1v) is 9.46. The lowest BCUT2D eigenvalue weighted by molar-refractivity contribution is 0.0992. The van der Waals surface area contributed by atoms with Crippen LogP contribution in [0.15, 0.2) is 34.9 Å². The van der Waals surface area contributed by atoms with Crippen LogP contribution in [0.4, 0.5) is 5.69 Å². The number of furan rings is 1. The molecule has 1 aromatic carbocycles. The van der Waals surface area contributed by atoms with Crippen molar-refractivity contribution < 1.29 is 18.7 Å². The maximum atomic E-state index is 12.4. The molecule has 0 unspecified atom stereocenters. The maximum absolute atomic E-state index is 12.4. The van der Waals surface area contributed by atoms with Crippen LogP contribution in [0, 0.1) is 0 Å². The van der Waals surface area contributed by atoms with E-state index in [1.54, 1.807) is 6.07 Å². The van der Waals surface area contributed by atoms with Gasteiger partial charge in [-0.1, -0.05) is 34.8 Å². The van der Waals surface area contributed by atoms with Crippen LogP contribution in [0.3, 0.4) is 0 Å². The minimum Gasteiger partial charge on any atom is -0.483 e. The van der Waals surface area contributed by atoms with E-state index in [4.69, 9.17) is 49.7 Å². The van der Waals surface area contributed by atoms with Gasteiger partial charge in [0.15, 0.2) is 17.2 Å². The highest BCUT2D eigenvalue weighted by Crippen LogP contribution is 2.36. The third-order valence-corrected chi connectivity index (χ3v) is 4.55. The summed E-state index contributed by atoms with van der Waals surface area (Å²) in [4.78, 5) is 23.9. The summed E-state index contributed by atoms with van der Waals surface area (Å²) in [7, 11) is 0. The zero-order valence-corrected chi connectivity index (χ0v) is 17.3. The molecule has 0 saturated heterocycles. The van der Waals surface area contributed by atoms with Gasteiger partial charge in [0.2, 0.25) is 0 Å². The van der Waals surface area contributed by atoms with Crippen molar-refractivity contribution in [1.29, 1.82) is 0 Å². The van der Waals surface area contributed by atoms with E-state index in [1.165, 1.54) is 29.1 Å². The Kier molecular flexibility index (Phi) is 6.36. The van der Waals surface area contributed by atoms with E-state index in [1.807, 2.05) is 6.92 Å². The number of ether oxygens (including phenoxy) is 1. The number of rotatable bonds is 7. The average Bonchev–Trinajstić information content (AvgIpc) is 3.27. The molecule has 0 fully saturated rings. The van der Waals surface area contributed by atoms with E-state index in [9.17, 15) is 9.59 Å². The Hall–Kier alpha value is -2.68. The minimum absolute atomic E-state index is 0.0107. The maximum Gasteiger partial charge on any atom is 0.291 e. The predicted octanol–water partition coefficient (Wildman–Crippen LogP) is 4.39. The highest BCUT2D eigenvalue weighted by molar-refractivity contribution is 6.40. The standard InChI is InChI=1S/C18H15Cl3N4O4/c1-2-25-7-13(15(24-25)17(22)26)23-18(27)14-4-3-10(29-14)8-28-16-11(20)5-9(19)6-12(16)21/h3-7H,2,8H2,1H3,(H2,22,26)(H,23,27). The SMILES string of the molecule is CCn1cc(NC(=O)c2ccc(COc3c(Cl)cc(Cl)cc3Cl)o2)c(C(N)=O)n1. The molecule has 0 aliphatic carbocycles. The average molecular weight is 458 g/mol. The normalized spacial score (nSPS) is 10.8. The molecule has 29 heavy (non-hydrogen) atoms. The Balaban J connectivity index is 1.70. The van der Waals surface area contributed by atoms with Gasteiger partial charge in [0.1, 0.15) is 12.4 Å². The molecule has 0 spiro atoms. The first-order chi connectivity index (χ1) is 13.8. The van der Waals surface area contributed by atoms with E-state index >= 15 is 0 Å². The lowest BCUT2D eigenvalue weighted by Gasteiger charge is -2.09. The van der Waals surface area contributed by atoms with Crippen molar-refractivity contribution in [3.8, 4) is 5.75 Å². The second-order valence-corrected chi connectivity index (χ2v) is 7.07. The Bertz CT molecular complexity index is 1050. The summed E-state index contributed by atoms with van der Waals surface area (Å²) < 4.78 is 12.5. The van der Waals surface area contributed by atoms with Crippen LogP contribution in [0.25, 0.3) is 0 Å². The summed E-state index contributed by atoms with van der Waals surface area (Å²) in [5.41, 5.74) is 5.45. The van der Waals surface area contributed by atoms with Gasteiger partial charge in [0.25, 0.3) is 11.8 Å². The summed E-state index contributed by atoms with van der Waals surface area (Å²) in [6.07, 6.45) is 1.51. The van der Waals surface area contributed by atoms with Gasteiger partial charge in [-0.25, -0.2) is 0 Å². The van der Waals surface area contributed by atoms with Gasteiger partial charge >= 0.3 is 0 Å². The smallest absolute Gasteiger partial charge is 0.291 e. The monoisotopic (exact) mass is 456 g/mol. The van der Waals surface area contributed by atoms with Crippen LogP contribution in [0.2, 0.25) is 15.1 Å². The first kappa shape index (κ1) is 21.0. The third kappa shape index (κ3) is 4.84. The van der Waals surface area contributed by atoms with Gasteiger partial charge in [-0.05, 0) is 31.2 Å². The number of nitrogens with one attached hydrogen (secondary N) is 1. The van der Waals surface area contributed by atoms with Gasteiger partial charge in [-0.2, -0.15) is 5.10 Å². The molecule has 3 N–H and O–H groups in total. The fourth-order valence-electron chi connectivity index (χ4n) is 2.43. The van der Waals surface area contributed by atoms with Crippen LogP contribution in [-0.2, 0) is 13.2 Å². The van der Waals surface area contributed by atoms with Gasteiger partial charge in [-0.3, -0.25) is 14.3 Å². The summed E-state index contributed by atoms with van der Waals surface area (Å²) in [6.45, 7) is 2.32. The topological polar surface area (TPSA) is 112 Å². The number of nitrogens with zero attached hydrogens (tertiary/aromatic N) is 2. The molecular weight excluding hydrogens is 443 g/mol. The molecule has 0 bridgehead atoms. The van der Waals surface area contributed by atoms with Crippen LogP contribution in [0.1, 0.15) is 33.7 Å². The number of aromatic nitrogens is 2. The van der Waals surface area contributed by atoms with E-state index in [2.05, 4.69) is 10.4 Å². The number of carbonyl (C=O) groups excluding carboxylic acids is 2. The van der Waals surface area contributed by atoms with Crippen LogP contribution in [-0.4, -0.2) is 21.6 Å². The summed E-state index contributed by atoms with van der Waals surface area (Å²) >= 11 is 18.0. The zero-order valence-electron chi connectivity index (χ0n) is 15.0. The number of hydrogen-bond acceptors (Lipinski definition) is 5. The van der Waals surface area contributed by atoms with Crippen LogP contribution >= 0.6 is 34.8 Å². The molecule has 3 rings (SSSR count). The minimum atomic E-state index is -0.752. The molecule has 0 aliphatic heterocycles. The molecule has 0 saturated carbocycles. The molecule has 152 valence electrons. The van der Waals surface area contributed by atoms with Crippen LogP contribution in [0.5, 0.6) is 5.75 Å². The van der Waals surface area contributed by atoms with Crippen molar-refractivity contribution in [1.82, 2.24) is 9.78 Å². The van der Waals surface area contributed by atoms with Crippen molar-refractivity contribution in [3.63, 3.8) is 0 Å². The second-order valence-electron chi connectivity index (χ2n) is 5.82. The fraction of sp³-hybridized carbons (Fsp3) is 0.167. The van der Waals surface area contributed by atoms with Crippen LogP contribution < -0.4 is 15.8 Å².